The predicted molar refractivity (Wildman–Crippen MR) is 80.0 cm³/mol. The van der Waals surface area contributed by atoms with Crippen LogP contribution in [0.1, 0.15) is 19.3 Å². The molecule has 0 saturated carbocycles. The van der Waals surface area contributed by atoms with Crippen molar-refractivity contribution in [2.75, 3.05) is 13.1 Å². The molecule has 18 heavy (non-hydrogen) atoms. The number of piperidine rings is 1. The normalized spacial score (nSPS) is 20.8. The Labute approximate surface area is 122 Å². The zero-order valence-electron chi connectivity index (χ0n) is 10.0. The van der Waals surface area contributed by atoms with E-state index in [1.807, 2.05) is 0 Å². The second-order valence-electron chi connectivity index (χ2n) is 4.45. The van der Waals surface area contributed by atoms with Crippen molar-refractivity contribution < 1.29 is 8.42 Å². The van der Waals surface area contributed by atoms with Crippen LogP contribution in [-0.2, 0) is 10.0 Å². The Morgan fingerprint density at radius 2 is 2.00 bits per heavy atom. The zero-order chi connectivity index (χ0) is 13.0. The van der Waals surface area contributed by atoms with E-state index >= 15 is 0 Å². The molecule has 0 spiro atoms. The highest BCUT2D eigenvalue weighted by atomic mass is 127. The van der Waals surface area contributed by atoms with Crippen molar-refractivity contribution in [2.45, 2.75) is 30.2 Å². The summed E-state index contributed by atoms with van der Waals surface area (Å²) >= 11 is 2.16. The van der Waals surface area contributed by atoms with Crippen molar-refractivity contribution in [3.05, 3.63) is 27.8 Å². The van der Waals surface area contributed by atoms with Gasteiger partial charge >= 0.3 is 0 Å². The van der Waals surface area contributed by atoms with Gasteiger partial charge in [-0.2, -0.15) is 0 Å². The van der Waals surface area contributed by atoms with Gasteiger partial charge in [0.1, 0.15) is 0 Å². The van der Waals surface area contributed by atoms with E-state index in [4.69, 9.17) is 0 Å². The first kappa shape index (κ1) is 14.2. The number of sulfonamides is 1. The van der Waals surface area contributed by atoms with Crippen molar-refractivity contribution in [3.8, 4) is 0 Å². The van der Waals surface area contributed by atoms with E-state index in [0.717, 1.165) is 16.5 Å². The molecule has 2 N–H and O–H groups in total. The number of hydrogen-bond acceptors (Lipinski definition) is 3. The average Bonchev–Trinajstić information content (AvgIpc) is 2.38. The van der Waals surface area contributed by atoms with E-state index in [-0.39, 0.29) is 6.04 Å². The van der Waals surface area contributed by atoms with Crippen LogP contribution in [-0.4, -0.2) is 27.5 Å². The summed E-state index contributed by atoms with van der Waals surface area (Å²) in [5.41, 5.74) is 0. The Hall–Kier alpha value is -0.180. The van der Waals surface area contributed by atoms with E-state index in [1.54, 1.807) is 24.3 Å². The summed E-state index contributed by atoms with van der Waals surface area (Å²) in [4.78, 5) is 0.332. The Bertz CT molecular complexity index is 481. The topological polar surface area (TPSA) is 58.2 Å². The van der Waals surface area contributed by atoms with Gasteiger partial charge in [0.25, 0.3) is 0 Å². The van der Waals surface area contributed by atoms with Gasteiger partial charge in [0.2, 0.25) is 10.0 Å². The van der Waals surface area contributed by atoms with Crippen molar-refractivity contribution in [1.29, 1.82) is 0 Å². The third kappa shape index (κ3) is 3.91. The van der Waals surface area contributed by atoms with Crippen LogP contribution in [0.3, 0.4) is 0 Å². The quantitative estimate of drug-likeness (QED) is 0.783. The van der Waals surface area contributed by atoms with Crippen LogP contribution in [0.25, 0.3) is 0 Å². The average molecular weight is 380 g/mol. The molecule has 4 nitrogen and oxygen atoms in total. The maximum absolute atomic E-state index is 12.0. The Morgan fingerprint density at radius 3 is 2.61 bits per heavy atom. The number of nitrogens with one attached hydrogen (secondary N) is 2. The minimum Gasteiger partial charge on any atom is -0.313 e. The van der Waals surface area contributed by atoms with E-state index in [0.29, 0.717) is 11.4 Å². The van der Waals surface area contributed by atoms with Crippen LogP contribution >= 0.6 is 22.6 Å². The summed E-state index contributed by atoms with van der Waals surface area (Å²) < 4.78 is 27.8. The van der Waals surface area contributed by atoms with Crippen LogP contribution < -0.4 is 10.0 Å². The summed E-state index contributed by atoms with van der Waals surface area (Å²) in [5, 5.41) is 3.32. The van der Waals surface area contributed by atoms with Crippen molar-refractivity contribution in [3.63, 3.8) is 0 Å². The second kappa shape index (κ2) is 6.31. The standard InChI is InChI=1S/C12H17IN2O2S/c13-10-4-6-12(7-5-10)18(16,17)15-9-11-3-1-2-8-14-11/h4-7,11,14-15H,1-3,8-9H2. The first-order valence-corrected chi connectivity index (χ1v) is 8.63. The molecule has 0 radical (unpaired) electrons. The lowest BCUT2D eigenvalue weighted by Gasteiger charge is -2.23. The lowest BCUT2D eigenvalue weighted by Crippen LogP contribution is -2.43. The van der Waals surface area contributed by atoms with Crippen LogP contribution in [0, 0.1) is 3.57 Å². The van der Waals surface area contributed by atoms with E-state index < -0.39 is 10.0 Å². The highest BCUT2D eigenvalue weighted by Gasteiger charge is 2.18. The van der Waals surface area contributed by atoms with Crippen LogP contribution in [0.4, 0.5) is 0 Å². The fraction of sp³-hybridized carbons (Fsp3) is 0.500. The fourth-order valence-corrected chi connectivity index (χ4v) is 3.45. The number of hydrogen-bond donors (Lipinski definition) is 2. The predicted octanol–water partition coefficient (Wildman–Crippen LogP) is 1.71. The summed E-state index contributed by atoms with van der Waals surface area (Å²) in [6, 6.07) is 7.14. The lowest BCUT2D eigenvalue weighted by atomic mass is 10.1. The summed E-state index contributed by atoms with van der Waals surface area (Å²) in [6.07, 6.45) is 3.39. The molecule has 100 valence electrons. The van der Waals surface area contributed by atoms with Gasteiger partial charge in [0.05, 0.1) is 4.90 Å². The molecular weight excluding hydrogens is 363 g/mol. The van der Waals surface area contributed by atoms with Crippen molar-refractivity contribution in [1.82, 2.24) is 10.0 Å². The molecule has 2 rings (SSSR count). The van der Waals surface area contributed by atoms with E-state index in [9.17, 15) is 8.42 Å². The molecule has 1 aromatic rings. The van der Waals surface area contributed by atoms with Crippen molar-refractivity contribution >= 4 is 32.6 Å². The highest BCUT2D eigenvalue weighted by Crippen LogP contribution is 2.12. The molecule has 1 atom stereocenters. The highest BCUT2D eigenvalue weighted by molar-refractivity contribution is 14.1. The number of halogens is 1. The molecule has 1 aliphatic heterocycles. The minimum atomic E-state index is -3.37. The Morgan fingerprint density at radius 1 is 1.28 bits per heavy atom. The Balaban J connectivity index is 1.96. The van der Waals surface area contributed by atoms with E-state index in [1.165, 1.54) is 12.8 Å². The van der Waals surface area contributed by atoms with Gasteiger partial charge in [-0.15, -0.1) is 0 Å². The van der Waals surface area contributed by atoms with Gasteiger partial charge in [0.15, 0.2) is 0 Å². The third-order valence-corrected chi connectivity index (χ3v) is 5.21. The molecule has 0 aromatic heterocycles. The molecule has 1 heterocycles. The first-order chi connectivity index (χ1) is 8.58. The molecule has 0 amide bonds. The largest absolute Gasteiger partial charge is 0.313 e. The fourth-order valence-electron chi connectivity index (χ4n) is 2.01. The molecule has 1 saturated heterocycles. The first-order valence-electron chi connectivity index (χ1n) is 6.06. The Kier molecular flexibility index (Phi) is 4.99. The van der Waals surface area contributed by atoms with Gasteiger partial charge in [0, 0.05) is 16.2 Å². The summed E-state index contributed by atoms with van der Waals surface area (Å²) in [5.74, 6) is 0. The SMILES string of the molecule is O=S(=O)(NCC1CCCCN1)c1ccc(I)cc1. The van der Waals surface area contributed by atoms with Gasteiger partial charge in [-0.1, -0.05) is 6.42 Å². The molecular formula is C12H17IN2O2S. The van der Waals surface area contributed by atoms with Crippen molar-refractivity contribution in [2.24, 2.45) is 0 Å². The third-order valence-electron chi connectivity index (χ3n) is 3.06. The minimum absolute atomic E-state index is 0.261. The van der Waals surface area contributed by atoms with Crippen LogP contribution in [0.15, 0.2) is 29.2 Å². The molecule has 6 heteroatoms. The maximum Gasteiger partial charge on any atom is 0.240 e. The maximum atomic E-state index is 12.0. The van der Waals surface area contributed by atoms with Crippen LogP contribution in [0.5, 0.6) is 0 Å². The van der Waals surface area contributed by atoms with E-state index in [2.05, 4.69) is 32.6 Å². The number of benzene rings is 1. The van der Waals surface area contributed by atoms with Gasteiger partial charge in [-0.25, -0.2) is 13.1 Å². The summed E-state index contributed by atoms with van der Waals surface area (Å²) in [6.45, 7) is 1.45. The smallest absolute Gasteiger partial charge is 0.240 e. The monoisotopic (exact) mass is 380 g/mol. The molecule has 0 aliphatic carbocycles. The summed E-state index contributed by atoms with van der Waals surface area (Å²) in [7, 11) is -3.37. The second-order valence-corrected chi connectivity index (χ2v) is 7.47. The molecule has 1 fully saturated rings. The van der Waals surface area contributed by atoms with Crippen LogP contribution in [0.2, 0.25) is 0 Å². The molecule has 0 bridgehead atoms. The molecule has 1 aromatic carbocycles. The van der Waals surface area contributed by atoms with Gasteiger partial charge < -0.3 is 5.32 Å². The van der Waals surface area contributed by atoms with Gasteiger partial charge in [-0.3, -0.25) is 0 Å². The molecule has 1 unspecified atom stereocenters. The van der Waals surface area contributed by atoms with Gasteiger partial charge in [-0.05, 0) is 66.2 Å². The molecule has 1 aliphatic rings. The lowest BCUT2D eigenvalue weighted by molar-refractivity contribution is 0.398. The number of rotatable bonds is 4. The zero-order valence-corrected chi connectivity index (χ0v) is 13.0.